The SMILES string of the molecule is C/C(=C/CO)c1cccc([N+](=O)[O-])c1. The van der Waals surface area contributed by atoms with Gasteiger partial charge in [0.2, 0.25) is 0 Å². The van der Waals surface area contributed by atoms with Crippen molar-refractivity contribution >= 4 is 11.3 Å². The van der Waals surface area contributed by atoms with Gasteiger partial charge in [0, 0.05) is 12.1 Å². The summed E-state index contributed by atoms with van der Waals surface area (Å²) in [5, 5.41) is 19.1. The van der Waals surface area contributed by atoms with E-state index in [4.69, 9.17) is 5.11 Å². The van der Waals surface area contributed by atoms with E-state index >= 15 is 0 Å². The Morgan fingerprint density at radius 3 is 2.93 bits per heavy atom. The summed E-state index contributed by atoms with van der Waals surface area (Å²) in [7, 11) is 0. The summed E-state index contributed by atoms with van der Waals surface area (Å²) in [5.41, 5.74) is 1.65. The number of nitro benzene ring substituents is 1. The van der Waals surface area contributed by atoms with Gasteiger partial charge in [0.05, 0.1) is 11.5 Å². The Kier molecular flexibility index (Phi) is 3.36. The Morgan fingerprint density at radius 2 is 2.36 bits per heavy atom. The molecule has 14 heavy (non-hydrogen) atoms. The van der Waals surface area contributed by atoms with E-state index in [0.717, 1.165) is 11.1 Å². The molecule has 0 spiro atoms. The Labute approximate surface area is 81.6 Å². The van der Waals surface area contributed by atoms with Crippen LogP contribution in [-0.4, -0.2) is 16.6 Å². The first-order valence-electron chi connectivity index (χ1n) is 4.17. The topological polar surface area (TPSA) is 63.4 Å². The lowest BCUT2D eigenvalue weighted by Crippen LogP contribution is -1.89. The highest BCUT2D eigenvalue weighted by Gasteiger charge is 2.05. The number of hydrogen-bond acceptors (Lipinski definition) is 3. The van der Waals surface area contributed by atoms with Crippen molar-refractivity contribution in [2.75, 3.05) is 6.61 Å². The Hall–Kier alpha value is -1.68. The van der Waals surface area contributed by atoms with Crippen LogP contribution in [-0.2, 0) is 0 Å². The van der Waals surface area contributed by atoms with Crippen molar-refractivity contribution in [3.63, 3.8) is 0 Å². The number of allylic oxidation sites excluding steroid dienone is 1. The van der Waals surface area contributed by atoms with Gasteiger partial charge in [0.25, 0.3) is 5.69 Å². The van der Waals surface area contributed by atoms with Gasteiger partial charge in [-0.15, -0.1) is 0 Å². The zero-order valence-electron chi connectivity index (χ0n) is 7.80. The second-order valence-corrected chi connectivity index (χ2v) is 2.88. The smallest absolute Gasteiger partial charge is 0.270 e. The lowest BCUT2D eigenvalue weighted by atomic mass is 10.1. The third-order valence-corrected chi connectivity index (χ3v) is 1.91. The predicted molar refractivity (Wildman–Crippen MR) is 53.8 cm³/mol. The number of benzene rings is 1. The van der Waals surface area contributed by atoms with Crippen LogP contribution in [0.2, 0.25) is 0 Å². The normalized spacial score (nSPS) is 11.4. The van der Waals surface area contributed by atoms with Gasteiger partial charge in [-0.05, 0) is 18.1 Å². The first-order valence-corrected chi connectivity index (χ1v) is 4.17. The standard InChI is InChI=1S/C10H11NO3/c1-8(5-6-12)9-3-2-4-10(7-9)11(13)14/h2-5,7,12H,6H2,1H3/b8-5-. The summed E-state index contributed by atoms with van der Waals surface area (Å²) in [6.45, 7) is 1.74. The summed E-state index contributed by atoms with van der Waals surface area (Å²) < 4.78 is 0. The summed E-state index contributed by atoms with van der Waals surface area (Å²) in [4.78, 5) is 10.0. The molecule has 0 fully saturated rings. The van der Waals surface area contributed by atoms with Crippen LogP contribution >= 0.6 is 0 Å². The van der Waals surface area contributed by atoms with Gasteiger partial charge in [-0.2, -0.15) is 0 Å². The number of nitrogens with zero attached hydrogens (tertiary/aromatic N) is 1. The third kappa shape index (κ3) is 2.40. The highest BCUT2D eigenvalue weighted by molar-refractivity contribution is 5.65. The fourth-order valence-electron chi connectivity index (χ4n) is 1.12. The predicted octanol–water partition coefficient (Wildman–Crippen LogP) is 1.99. The van der Waals surface area contributed by atoms with Crippen LogP contribution in [0.4, 0.5) is 5.69 Å². The highest BCUT2D eigenvalue weighted by atomic mass is 16.6. The first-order chi connectivity index (χ1) is 6.65. The van der Waals surface area contributed by atoms with Crippen LogP contribution in [0.25, 0.3) is 5.57 Å². The van der Waals surface area contributed by atoms with E-state index in [1.165, 1.54) is 12.1 Å². The van der Waals surface area contributed by atoms with Crippen molar-refractivity contribution < 1.29 is 10.0 Å². The van der Waals surface area contributed by atoms with Crippen LogP contribution in [0.5, 0.6) is 0 Å². The highest BCUT2D eigenvalue weighted by Crippen LogP contribution is 2.19. The monoisotopic (exact) mass is 193 g/mol. The number of aliphatic hydroxyl groups excluding tert-OH is 1. The molecule has 0 aliphatic carbocycles. The minimum absolute atomic E-state index is 0.0610. The molecule has 0 saturated carbocycles. The van der Waals surface area contributed by atoms with Crippen molar-refractivity contribution in [1.82, 2.24) is 0 Å². The van der Waals surface area contributed by atoms with E-state index in [1.807, 2.05) is 0 Å². The molecule has 0 atom stereocenters. The average molecular weight is 193 g/mol. The molecule has 0 unspecified atom stereocenters. The summed E-state index contributed by atoms with van der Waals surface area (Å²) in [5.74, 6) is 0. The molecule has 0 aliphatic rings. The molecule has 4 heteroatoms. The minimum Gasteiger partial charge on any atom is -0.392 e. The molecule has 0 heterocycles. The summed E-state index contributed by atoms with van der Waals surface area (Å²) in [6.07, 6.45) is 1.61. The van der Waals surface area contributed by atoms with Gasteiger partial charge in [-0.1, -0.05) is 18.2 Å². The molecule has 4 nitrogen and oxygen atoms in total. The van der Waals surface area contributed by atoms with Gasteiger partial charge in [-0.3, -0.25) is 10.1 Å². The molecule has 0 aliphatic heterocycles. The number of non-ortho nitro benzene ring substituents is 1. The number of aliphatic hydroxyl groups is 1. The molecule has 0 saturated heterocycles. The van der Waals surface area contributed by atoms with Gasteiger partial charge < -0.3 is 5.11 Å². The Morgan fingerprint density at radius 1 is 1.64 bits per heavy atom. The van der Waals surface area contributed by atoms with E-state index in [0.29, 0.717) is 0 Å². The quantitative estimate of drug-likeness (QED) is 0.589. The van der Waals surface area contributed by atoms with Gasteiger partial charge in [0.15, 0.2) is 0 Å². The van der Waals surface area contributed by atoms with Gasteiger partial charge in [0.1, 0.15) is 0 Å². The second kappa shape index (κ2) is 4.53. The molecule has 74 valence electrons. The fraction of sp³-hybridized carbons (Fsp3) is 0.200. The Bertz CT molecular complexity index is 371. The van der Waals surface area contributed by atoms with E-state index in [-0.39, 0.29) is 12.3 Å². The van der Waals surface area contributed by atoms with Gasteiger partial charge >= 0.3 is 0 Å². The maximum absolute atomic E-state index is 10.5. The van der Waals surface area contributed by atoms with Crippen molar-refractivity contribution in [2.45, 2.75) is 6.92 Å². The van der Waals surface area contributed by atoms with E-state index in [2.05, 4.69) is 0 Å². The first kappa shape index (κ1) is 10.4. The number of hydrogen-bond donors (Lipinski definition) is 1. The molecular formula is C10H11NO3. The van der Waals surface area contributed by atoms with Crippen LogP contribution < -0.4 is 0 Å². The van der Waals surface area contributed by atoms with E-state index in [9.17, 15) is 10.1 Å². The molecule has 1 aromatic carbocycles. The Balaban J connectivity index is 3.05. The van der Waals surface area contributed by atoms with Crippen LogP contribution in [0.3, 0.4) is 0 Å². The van der Waals surface area contributed by atoms with E-state index in [1.54, 1.807) is 25.1 Å². The van der Waals surface area contributed by atoms with Crippen molar-refractivity contribution in [3.8, 4) is 0 Å². The largest absolute Gasteiger partial charge is 0.392 e. The number of nitro groups is 1. The molecule has 0 aromatic heterocycles. The second-order valence-electron chi connectivity index (χ2n) is 2.88. The summed E-state index contributed by atoms with van der Waals surface area (Å²) in [6, 6.07) is 6.33. The zero-order valence-corrected chi connectivity index (χ0v) is 7.80. The van der Waals surface area contributed by atoms with Crippen molar-refractivity contribution in [3.05, 3.63) is 46.0 Å². The third-order valence-electron chi connectivity index (χ3n) is 1.91. The molecule has 1 rings (SSSR count). The average Bonchev–Trinajstić information content (AvgIpc) is 2.18. The summed E-state index contributed by atoms with van der Waals surface area (Å²) >= 11 is 0. The fourth-order valence-corrected chi connectivity index (χ4v) is 1.12. The molecular weight excluding hydrogens is 182 g/mol. The van der Waals surface area contributed by atoms with Crippen molar-refractivity contribution in [2.24, 2.45) is 0 Å². The minimum atomic E-state index is -0.435. The molecule has 0 bridgehead atoms. The maximum Gasteiger partial charge on any atom is 0.270 e. The molecule has 0 radical (unpaired) electrons. The zero-order chi connectivity index (χ0) is 10.6. The lowest BCUT2D eigenvalue weighted by Gasteiger charge is -2.00. The molecule has 0 amide bonds. The number of rotatable bonds is 3. The van der Waals surface area contributed by atoms with Crippen molar-refractivity contribution in [1.29, 1.82) is 0 Å². The van der Waals surface area contributed by atoms with Crippen LogP contribution in [0.1, 0.15) is 12.5 Å². The van der Waals surface area contributed by atoms with Gasteiger partial charge in [-0.25, -0.2) is 0 Å². The van der Waals surface area contributed by atoms with Crippen LogP contribution in [0.15, 0.2) is 30.3 Å². The molecule has 1 aromatic rings. The van der Waals surface area contributed by atoms with Crippen LogP contribution in [0, 0.1) is 10.1 Å². The van der Waals surface area contributed by atoms with E-state index < -0.39 is 4.92 Å². The lowest BCUT2D eigenvalue weighted by molar-refractivity contribution is -0.384. The maximum atomic E-state index is 10.5. The molecule has 1 N–H and O–H groups in total.